The quantitative estimate of drug-likeness (QED) is 0.791. The van der Waals surface area contributed by atoms with Crippen LogP contribution in [-0.4, -0.2) is 38.0 Å². The first-order valence-corrected chi connectivity index (χ1v) is 8.27. The molecule has 2 heteroatoms. The van der Waals surface area contributed by atoms with Gasteiger partial charge in [-0.3, -0.25) is 0 Å². The molecule has 2 aromatic carbocycles. The largest absolute Gasteiger partial charge is 0.305 e. The minimum absolute atomic E-state index is 0.0211. The first-order valence-electron chi connectivity index (χ1n) is 8.27. The van der Waals surface area contributed by atoms with Gasteiger partial charge in [0.2, 0.25) is 0 Å². The molecule has 0 heterocycles. The number of benzene rings is 2. The van der Waals surface area contributed by atoms with Crippen molar-refractivity contribution in [3.63, 3.8) is 0 Å². The number of hydrogen-bond acceptors (Lipinski definition) is 2. The van der Waals surface area contributed by atoms with Gasteiger partial charge in [0.1, 0.15) is 0 Å². The van der Waals surface area contributed by atoms with E-state index >= 15 is 0 Å². The minimum Gasteiger partial charge on any atom is -0.305 e. The molecule has 0 unspecified atom stereocenters. The van der Waals surface area contributed by atoms with Crippen molar-refractivity contribution in [3.8, 4) is 0 Å². The van der Waals surface area contributed by atoms with Gasteiger partial charge in [0.25, 0.3) is 0 Å². The minimum atomic E-state index is 0.0211. The maximum atomic E-state index is 2.30. The molecule has 0 atom stereocenters. The summed E-state index contributed by atoms with van der Waals surface area (Å²) >= 11 is 0. The van der Waals surface area contributed by atoms with Crippen molar-refractivity contribution in [3.05, 3.63) is 70.8 Å². The van der Waals surface area contributed by atoms with Gasteiger partial charge in [-0.25, -0.2) is 0 Å². The zero-order valence-electron chi connectivity index (χ0n) is 15.4. The highest BCUT2D eigenvalue weighted by Crippen LogP contribution is 2.31. The highest BCUT2D eigenvalue weighted by atomic mass is 15.1. The average molecular weight is 310 g/mol. The van der Waals surface area contributed by atoms with Gasteiger partial charge in [0.05, 0.1) is 0 Å². The van der Waals surface area contributed by atoms with Crippen LogP contribution in [0.1, 0.15) is 36.1 Å². The van der Waals surface area contributed by atoms with Crippen LogP contribution >= 0.6 is 0 Å². The van der Waals surface area contributed by atoms with Gasteiger partial charge < -0.3 is 9.80 Å². The Morgan fingerprint density at radius 3 is 1.17 bits per heavy atom. The average Bonchev–Trinajstić information content (AvgIpc) is 2.47. The fourth-order valence-electron chi connectivity index (χ4n) is 2.95. The summed E-state index contributed by atoms with van der Waals surface area (Å²) in [4.78, 5) is 4.40. The van der Waals surface area contributed by atoms with E-state index in [9.17, 15) is 0 Å². The molecule has 0 spiro atoms. The number of rotatable bonds is 6. The molecule has 0 aromatic heterocycles. The summed E-state index contributed by atoms with van der Waals surface area (Å²) in [5.41, 5.74) is 5.46. The summed E-state index contributed by atoms with van der Waals surface area (Å²) in [6.45, 7) is 6.57. The lowest BCUT2D eigenvalue weighted by Gasteiger charge is -2.27. The van der Waals surface area contributed by atoms with E-state index in [2.05, 4.69) is 100 Å². The predicted octanol–water partition coefficient (Wildman–Crippen LogP) is 4.14. The fraction of sp³-hybridized carbons (Fsp3) is 0.429. The molecule has 124 valence electrons. The third kappa shape index (κ3) is 4.66. The molecule has 0 aliphatic heterocycles. The van der Waals surface area contributed by atoms with Crippen molar-refractivity contribution >= 4 is 0 Å². The van der Waals surface area contributed by atoms with Crippen molar-refractivity contribution in [2.75, 3.05) is 28.2 Å². The van der Waals surface area contributed by atoms with Crippen molar-refractivity contribution < 1.29 is 0 Å². The zero-order valence-corrected chi connectivity index (χ0v) is 15.4. The van der Waals surface area contributed by atoms with Crippen LogP contribution < -0.4 is 0 Å². The summed E-state index contributed by atoms with van der Waals surface area (Å²) in [6, 6.07) is 18.1. The molecule has 0 N–H and O–H groups in total. The first kappa shape index (κ1) is 17.7. The fourth-order valence-corrected chi connectivity index (χ4v) is 2.95. The van der Waals surface area contributed by atoms with Crippen LogP contribution in [0.15, 0.2) is 48.5 Å². The van der Waals surface area contributed by atoms with E-state index in [4.69, 9.17) is 0 Å². The molecule has 0 amide bonds. The second-order valence-corrected chi connectivity index (χ2v) is 7.49. The summed E-state index contributed by atoms with van der Waals surface area (Å²) in [5.74, 6) is 0. The second-order valence-electron chi connectivity index (χ2n) is 7.49. The molecule has 0 aliphatic rings. The van der Waals surface area contributed by atoms with Gasteiger partial charge in [-0.2, -0.15) is 0 Å². The van der Waals surface area contributed by atoms with E-state index < -0.39 is 0 Å². The van der Waals surface area contributed by atoms with Crippen molar-refractivity contribution in [2.45, 2.75) is 32.4 Å². The van der Waals surface area contributed by atoms with Gasteiger partial charge in [0, 0.05) is 18.5 Å². The Morgan fingerprint density at radius 1 is 0.609 bits per heavy atom. The van der Waals surface area contributed by atoms with E-state index in [1.165, 1.54) is 22.3 Å². The second kappa shape index (κ2) is 7.29. The molecule has 0 aliphatic carbocycles. The SMILES string of the molecule is CN(C)Cc1ccc(C(C)(C)c2ccc(CN(C)C)cc2)cc1. The van der Waals surface area contributed by atoms with Crippen LogP contribution in [0.5, 0.6) is 0 Å². The Kier molecular flexibility index (Phi) is 5.61. The molecule has 0 radical (unpaired) electrons. The van der Waals surface area contributed by atoms with Gasteiger partial charge in [0.15, 0.2) is 0 Å². The summed E-state index contributed by atoms with van der Waals surface area (Å²) in [7, 11) is 8.42. The molecule has 2 rings (SSSR count). The topological polar surface area (TPSA) is 6.48 Å². The number of nitrogens with zero attached hydrogens (tertiary/aromatic N) is 2. The van der Waals surface area contributed by atoms with Crippen LogP contribution in [0.4, 0.5) is 0 Å². The Hall–Kier alpha value is -1.64. The monoisotopic (exact) mass is 310 g/mol. The molecule has 0 bridgehead atoms. The molecular weight excluding hydrogens is 280 g/mol. The van der Waals surface area contributed by atoms with Crippen molar-refractivity contribution in [2.24, 2.45) is 0 Å². The summed E-state index contributed by atoms with van der Waals surface area (Å²) < 4.78 is 0. The van der Waals surface area contributed by atoms with Gasteiger partial charge in [-0.1, -0.05) is 62.4 Å². The molecule has 2 nitrogen and oxygen atoms in total. The Labute approximate surface area is 141 Å². The Morgan fingerprint density at radius 2 is 0.913 bits per heavy atom. The van der Waals surface area contributed by atoms with E-state index in [1.54, 1.807) is 0 Å². The normalized spacial score (nSPS) is 12.2. The van der Waals surface area contributed by atoms with Gasteiger partial charge >= 0.3 is 0 Å². The maximum Gasteiger partial charge on any atom is 0.0227 e. The smallest absolute Gasteiger partial charge is 0.0227 e. The van der Waals surface area contributed by atoms with Crippen molar-refractivity contribution in [1.82, 2.24) is 9.80 Å². The van der Waals surface area contributed by atoms with E-state index in [0.29, 0.717) is 0 Å². The van der Waals surface area contributed by atoms with Crippen LogP contribution in [0.25, 0.3) is 0 Å². The van der Waals surface area contributed by atoms with Gasteiger partial charge in [-0.05, 0) is 50.4 Å². The standard InChI is InChI=1S/C21H30N2/c1-21(2,19-11-7-17(8-12-19)15-22(3)4)20-13-9-18(10-14-20)16-23(5)6/h7-14H,15-16H2,1-6H3. The maximum absolute atomic E-state index is 2.30. The Bertz CT molecular complexity index is 552. The molecule has 2 aromatic rings. The van der Waals surface area contributed by atoms with Crippen LogP contribution in [0, 0.1) is 0 Å². The lowest BCUT2D eigenvalue weighted by atomic mass is 9.78. The highest BCUT2D eigenvalue weighted by Gasteiger charge is 2.22. The molecule has 0 saturated carbocycles. The molecule has 0 fully saturated rings. The van der Waals surface area contributed by atoms with E-state index in [0.717, 1.165) is 13.1 Å². The van der Waals surface area contributed by atoms with E-state index in [1.807, 2.05) is 0 Å². The Balaban J connectivity index is 2.19. The van der Waals surface area contributed by atoms with Crippen LogP contribution in [0.2, 0.25) is 0 Å². The number of hydrogen-bond donors (Lipinski definition) is 0. The highest BCUT2D eigenvalue weighted by molar-refractivity contribution is 5.39. The molecule has 23 heavy (non-hydrogen) atoms. The van der Waals surface area contributed by atoms with Crippen LogP contribution in [-0.2, 0) is 18.5 Å². The zero-order chi connectivity index (χ0) is 17.0. The lowest BCUT2D eigenvalue weighted by molar-refractivity contribution is 0.402. The lowest BCUT2D eigenvalue weighted by Crippen LogP contribution is -2.19. The first-order chi connectivity index (χ1) is 10.8. The third-order valence-corrected chi connectivity index (χ3v) is 4.35. The summed E-state index contributed by atoms with van der Waals surface area (Å²) in [5, 5.41) is 0. The summed E-state index contributed by atoms with van der Waals surface area (Å²) in [6.07, 6.45) is 0. The van der Waals surface area contributed by atoms with Gasteiger partial charge in [-0.15, -0.1) is 0 Å². The predicted molar refractivity (Wildman–Crippen MR) is 99.8 cm³/mol. The molecular formula is C21H30N2. The van der Waals surface area contributed by atoms with E-state index in [-0.39, 0.29) is 5.41 Å². The third-order valence-electron chi connectivity index (χ3n) is 4.35. The molecule has 0 saturated heterocycles. The van der Waals surface area contributed by atoms with Crippen molar-refractivity contribution in [1.29, 1.82) is 0 Å². The van der Waals surface area contributed by atoms with Crippen LogP contribution in [0.3, 0.4) is 0 Å².